The SMILES string of the molecule is Cl.NC1(C(=O)NC2CCCCCCC2)CCCC1. The lowest BCUT2D eigenvalue weighted by Crippen LogP contribution is -2.54. The van der Waals surface area contributed by atoms with Gasteiger partial charge in [0.1, 0.15) is 0 Å². The number of rotatable bonds is 2. The molecule has 3 nitrogen and oxygen atoms in total. The van der Waals surface area contributed by atoms with Crippen LogP contribution in [0.5, 0.6) is 0 Å². The van der Waals surface area contributed by atoms with Gasteiger partial charge in [0.25, 0.3) is 0 Å². The van der Waals surface area contributed by atoms with Crippen LogP contribution in [0.15, 0.2) is 0 Å². The first kappa shape index (κ1) is 15.8. The van der Waals surface area contributed by atoms with E-state index in [1.165, 1.54) is 32.1 Å². The van der Waals surface area contributed by atoms with Gasteiger partial charge in [0.15, 0.2) is 0 Å². The summed E-state index contributed by atoms with van der Waals surface area (Å²) in [6.07, 6.45) is 12.7. The van der Waals surface area contributed by atoms with Gasteiger partial charge < -0.3 is 11.1 Å². The van der Waals surface area contributed by atoms with E-state index in [-0.39, 0.29) is 18.3 Å². The molecule has 3 N–H and O–H groups in total. The Kier molecular flexibility index (Phi) is 6.44. The molecule has 0 unspecified atom stereocenters. The highest BCUT2D eigenvalue weighted by molar-refractivity contribution is 5.86. The van der Waals surface area contributed by atoms with Crippen molar-refractivity contribution in [1.29, 1.82) is 0 Å². The maximum atomic E-state index is 12.2. The zero-order valence-corrected chi connectivity index (χ0v) is 12.1. The Morgan fingerprint density at radius 1 is 0.944 bits per heavy atom. The van der Waals surface area contributed by atoms with Crippen LogP contribution in [0.4, 0.5) is 0 Å². The Balaban J connectivity index is 0.00000162. The van der Waals surface area contributed by atoms with Crippen molar-refractivity contribution in [2.45, 2.75) is 82.2 Å². The minimum atomic E-state index is -0.553. The quantitative estimate of drug-likeness (QED) is 0.813. The molecule has 18 heavy (non-hydrogen) atoms. The first-order valence-corrected chi connectivity index (χ1v) is 7.31. The molecule has 2 saturated carbocycles. The number of nitrogens with one attached hydrogen (secondary N) is 1. The molecule has 0 aliphatic heterocycles. The minimum Gasteiger partial charge on any atom is -0.352 e. The average molecular weight is 275 g/mol. The highest BCUT2D eigenvalue weighted by Crippen LogP contribution is 2.28. The Morgan fingerprint density at radius 2 is 1.44 bits per heavy atom. The van der Waals surface area contributed by atoms with Crippen LogP contribution >= 0.6 is 12.4 Å². The number of nitrogens with two attached hydrogens (primary N) is 1. The highest BCUT2D eigenvalue weighted by atomic mass is 35.5. The Morgan fingerprint density at radius 3 is 2.00 bits per heavy atom. The molecule has 2 fully saturated rings. The molecule has 0 atom stereocenters. The van der Waals surface area contributed by atoms with Crippen molar-refractivity contribution in [3.63, 3.8) is 0 Å². The summed E-state index contributed by atoms with van der Waals surface area (Å²) in [5, 5.41) is 3.21. The van der Waals surface area contributed by atoms with E-state index in [2.05, 4.69) is 5.32 Å². The summed E-state index contributed by atoms with van der Waals surface area (Å²) >= 11 is 0. The third-order valence-electron chi connectivity index (χ3n) is 4.39. The van der Waals surface area contributed by atoms with E-state index in [0.717, 1.165) is 38.5 Å². The number of halogens is 1. The van der Waals surface area contributed by atoms with Crippen molar-refractivity contribution in [1.82, 2.24) is 5.32 Å². The van der Waals surface area contributed by atoms with Gasteiger partial charge in [-0.3, -0.25) is 4.79 Å². The van der Waals surface area contributed by atoms with Crippen LogP contribution in [0.25, 0.3) is 0 Å². The Hall–Kier alpha value is -0.280. The lowest BCUT2D eigenvalue weighted by molar-refractivity contribution is -0.127. The summed E-state index contributed by atoms with van der Waals surface area (Å²) in [5.74, 6) is 0.112. The molecular formula is C14H27ClN2O. The number of amides is 1. The molecule has 0 spiro atoms. The molecule has 2 rings (SSSR count). The number of carbonyl (C=O) groups excluding carboxylic acids is 1. The summed E-state index contributed by atoms with van der Waals surface area (Å²) in [6.45, 7) is 0. The van der Waals surface area contributed by atoms with Crippen molar-refractivity contribution >= 4 is 18.3 Å². The molecule has 0 heterocycles. The second-order valence-electron chi connectivity index (χ2n) is 5.88. The normalized spacial score (nSPS) is 24.7. The fourth-order valence-electron chi connectivity index (χ4n) is 3.16. The predicted molar refractivity (Wildman–Crippen MR) is 76.9 cm³/mol. The molecule has 2 aliphatic carbocycles. The maximum absolute atomic E-state index is 12.2. The van der Waals surface area contributed by atoms with Crippen molar-refractivity contribution in [3.8, 4) is 0 Å². The molecule has 4 heteroatoms. The number of hydrogen-bond donors (Lipinski definition) is 2. The van der Waals surface area contributed by atoms with Gasteiger partial charge in [-0.25, -0.2) is 0 Å². The first-order chi connectivity index (χ1) is 8.21. The van der Waals surface area contributed by atoms with E-state index in [9.17, 15) is 4.79 Å². The van der Waals surface area contributed by atoms with Gasteiger partial charge in [0, 0.05) is 6.04 Å². The average Bonchev–Trinajstić information content (AvgIpc) is 2.70. The largest absolute Gasteiger partial charge is 0.352 e. The van der Waals surface area contributed by atoms with Crippen molar-refractivity contribution in [3.05, 3.63) is 0 Å². The molecule has 0 radical (unpaired) electrons. The maximum Gasteiger partial charge on any atom is 0.240 e. The van der Waals surface area contributed by atoms with E-state index >= 15 is 0 Å². The molecule has 1 amide bonds. The van der Waals surface area contributed by atoms with E-state index in [1.54, 1.807) is 0 Å². The third kappa shape index (κ3) is 4.13. The molecule has 0 aromatic carbocycles. The Bertz CT molecular complexity index is 257. The summed E-state index contributed by atoms with van der Waals surface area (Å²) in [6, 6.07) is 0.379. The molecule has 0 aromatic rings. The zero-order valence-electron chi connectivity index (χ0n) is 11.2. The zero-order chi connectivity index (χ0) is 12.1. The van der Waals surface area contributed by atoms with Gasteiger partial charge in [-0.1, -0.05) is 44.9 Å². The standard InChI is InChI=1S/C14H26N2O.ClH/c15-14(10-6-7-11-14)13(17)16-12-8-4-2-1-3-5-9-12;/h12H,1-11,15H2,(H,16,17);1H. The summed E-state index contributed by atoms with van der Waals surface area (Å²) in [5.41, 5.74) is 5.62. The second-order valence-corrected chi connectivity index (χ2v) is 5.88. The molecular weight excluding hydrogens is 248 g/mol. The van der Waals surface area contributed by atoms with Crippen LogP contribution in [0.2, 0.25) is 0 Å². The fourth-order valence-corrected chi connectivity index (χ4v) is 3.16. The smallest absolute Gasteiger partial charge is 0.240 e. The predicted octanol–water partition coefficient (Wildman–Crippen LogP) is 2.91. The van der Waals surface area contributed by atoms with E-state index in [1.807, 2.05) is 0 Å². The van der Waals surface area contributed by atoms with E-state index in [4.69, 9.17) is 5.73 Å². The van der Waals surface area contributed by atoms with Crippen LogP contribution in [0, 0.1) is 0 Å². The third-order valence-corrected chi connectivity index (χ3v) is 4.39. The van der Waals surface area contributed by atoms with Crippen LogP contribution in [0.3, 0.4) is 0 Å². The fraction of sp³-hybridized carbons (Fsp3) is 0.929. The molecule has 106 valence electrons. The molecule has 0 aromatic heterocycles. The van der Waals surface area contributed by atoms with Gasteiger partial charge in [-0.2, -0.15) is 0 Å². The summed E-state index contributed by atoms with van der Waals surface area (Å²) < 4.78 is 0. The van der Waals surface area contributed by atoms with Crippen LogP contribution < -0.4 is 11.1 Å². The topological polar surface area (TPSA) is 55.1 Å². The van der Waals surface area contributed by atoms with Gasteiger partial charge in [-0.05, 0) is 25.7 Å². The Labute approximate surface area is 117 Å². The van der Waals surface area contributed by atoms with Gasteiger partial charge in [0.2, 0.25) is 5.91 Å². The summed E-state index contributed by atoms with van der Waals surface area (Å²) in [4.78, 5) is 12.2. The molecule has 2 aliphatic rings. The van der Waals surface area contributed by atoms with Crippen LogP contribution in [-0.4, -0.2) is 17.5 Å². The first-order valence-electron chi connectivity index (χ1n) is 7.31. The molecule has 0 saturated heterocycles. The second kappa shape index (κ2) is 7.34. The summed E-state index contributed by atoms with van der Waals surface area (Å²) in [7, 11) is 0. The van der Waals surface area contributed by atoms with Crippen molar-refractivity contribution < 1.29 is 4.79 Å². The van der Waals surface area contributed by atoms with Crippen molar-refractivity contribution in [2.75, 3.05) is 0 Å². The van der Waals surface area contributed by atoms with Gasteiger partial charge >= 0.3 is 0 Å². The van der Waals surface area contributed by atoms with Gasteiger partial charge in [-0.15, -0.1) is 12.4 Å². The number of hydrogen-bond acceptors (Lipinski definition) is 2. The van der Waals surface area contributed by atoms with Crippen LogP contribution in [0.1, 0.15) is 70.6 Å². The molecule has 0 bridgehead atoms. The minimum absolute atomic E-state index is 0. The lowest BCUT2D eigenvalue weighted by atomic mass is 9.94. The van der Waals surface area contributed by atoms with Crippen molar-refractivity contribution in [2.24, 2.45) is 5.73 Å². The van der Waals surface area contributed by atoms with Crippen LogP contribution in [-0.2, 0) is 4.79 Å². The van der Waals surface area contributed by atoms with E-state index in [0.29, 0.717) is 6.04 Å². The monoisotopic (exact) mass is 274 g/mol. The van der Waals surface area contributed by atoms with Gasteiger partial charge in [0.05, 0.1) is 5.54 Å². The number of carbonyl (C=O) groups is 1. The lowest BCUT2D eigenvalue weighted by Gasteiger charge is -2.27. The highest BCUT2D eigenvalue weighted by Gasteiger charge is 2.37. The van der Waals surface area contributed by atoms with E-state index < -0.39 is 5.54 Å².